The first-order chi connectivity index (χ1) is 15.9. The van der Waals surface area contributed by atoms with Gasteiger partial charge in [-0.2, -0.15) is 0 Å². The molecule has 2 aliphatic heterocycles. The Balaban J connectivity index is 1.24. The Morgan fingerprint density at radius 1 is 1.21 bits per heavy atom. The molecule has 0 spiro atoms. The van der Waals surface area contributed by atoms with E-state index in [4.69, 9.17) is 13.9 Å². The molecule has 2 aromatic carbocycles. The van der Waals surface area contributed by atoms with Crippen molar-refractivity contribution in [3.63, 3.8) is 0 Å². The molecule has 0 saturated carbocycles. The summed E-state index contributed by atoms with van der Waals surface area (Å²) in [4.78, 5) is 38.9. The third kappa shape index (κ3) is 3.82. The average molecular weight is 468 g/mol. The minimum Gasteiger partial charge on any atom is -0.454 e. The predicted octanol–water partition coefficient (Wildman–Crippen LogP) is 4.08. The second-order valence-corrected chi connectivity index (χ2v) is 8.37. The van der Waals surface area contributed by atoms with Gasteiger partial charge in [-0.1, -0.05) is 18.2 Å². The molecule has 3 heterocycles. The van der Waals surface area contributed by atoms with E-state index in [-0.39, 0.29) is 36.1 Å². The standard InChI is InChI=1S/C23H17FN2O6S/c1-12-14-3-2-4-15(24)20(14)32-19(12)21(27)25-7-8-26-22(28)18(33-23(26)29)10-13-5-6-16-17(9-13)31-11-30-16/h2-6,9-10H,7-8,11H2,1H3,(H,25,27)/b18-10-. The Morgan fingerprint density at radius 2 is 2.03 bits per heavy atom. The lowest BCUT2D eigenvalue weighted by Gasteiger charge is -2.12. The largest absolute Gasteiger partial charge is 0.454 e. The minimum atomic E-state index is -0.554. The second kappa shape index (κ2) is 8.28. The van der Waals surface area contributed by atoms with Gasteiger partial charge in [-0.15, -0.1) is 0 Å². The summed E-state index contributed by atoms with van der Waals surface area (Å²) < 4.78 is 29.9. The molecule has 1 saturated heterocycles. The number of thioether (sulfide) groups is 1. The Morgan fingerprint density at radius 3 is 2.85 bits per heavy atom. The fraction of sp³-hybridized carbons (Fsp3) is 0.174. The van der Waals surface area contributed by atoms with Gasteiger partial charge in [0.2, 0.25) is 6.79 Å². The van der Waals surface area contributed by atoms with Gasteiger partial charge in [-0.25, -0.2) is 4.39 Å². The third-order valence-corrected chi connectivity index (χ3v) is 6.22. The first-order valence-electron chi connectivity index (χ1n) is 10.0. The molecular formula is C23H17FN2O6S. The number of fused-ring (bicyclic) bond motifs is 2. The van der Waals surface area contributed by atoms with Gasteiger partial charge in [0, 0.05) is 24.0 Å². The van der Waals surface area contributed by atoms with E-state index in [1.54, 1.807) is 43.3 Å². The SMILES string of the molecule is Cc1c(C(=O)NCCN2C(=O)S/C(=C\c3ccc4c(c3)OCO4)C2=O)oc2c(F)cccc12. The first kappa shape index (κ1) is 21.1. The van der Waals surface area contributed by atoms with Crippen molar-refractivity contribution in [2.24, 2.45) is 0 Å². The summed E-state index contributed by atoms with van der Waals surface area (Å²) in [5, 5.41) is 2.71. The van der Waals surface area contributed by atoms with Gasteiger partial charge >= 0.3 is 0 Å². The van der Waals surface area contributed by atoms with E-state index < -0.39 is 22.9 Å². The number of carbonyl (C=O) groups excluding carboxylic acids is 3. The first-order valence-corrected chi connectivity index (χ1v) is 10.8. The van der Waals surface area contributed by atoms with E-state index in [0.717, 1.165) is 16.7 Å². The summed E-state index contributed by atoms with van der Waals surface area (Å²) in [5.41, 5.74) is 1.23. The molecule has 0 bridgehead atoms. The maximum atomic E-state index is 13.9. The number of amides is 3. The molecule has 0 atom stereocenters. The van der Waals surface area contributed by atoms with E-state index in [2.05, 4.69) is 5.32 Å². The average Bonchev–Trinajstić information content (AvgIpc) is 3.47. The van der Waals surface area contributed by atoms with Gasteiger partial charge in [0.15, 0.2) is 28.7 Å². The highest BCUT2D eigenvalue weighted by atomic mass is 32.2. The summed E-state index contributed by atoms with van der Waals surface area (Å²) in [6.07, 6.45) is 1.61. The van der Waals surface area contributed by atoms with Crippen LogP contribution in [0.25, 0.3) is 17.0 Å². The van der Waals surface area contributed by atoms with Crippen LogP contribution in [0.1, 0.15) is 21.7 Å². The van der Waals surface area contributed by atoms with Crippen molar-refractivity contribution in [1.29, 1.82) is 0 Å². The monoisotopic (exact) mass is 468 g/mol. The van der Waals surface area contributed by atoms with Crippen LogP contribution in [0.5, 0.6) is 11.5 Å². The lowest BCUT2D eigenvalue weighted by Crippen LogP contribution is -2.37. The number of carbonyl (C=O) groups is 3. The zero-order valence-corrected chi connectivity index (χ0v) is 18.2. The smallest absolute Gasteiger partial charge is 0.293 e. The van der Waals surface area contributed by atoms with E-state index in [1.165, 1.54) is 6.07 Å². The number of para-hydroxylation sites is 1. The van der Waals surface area contributed by atoms with Crippen LogP contribution in [0.4, 0.5) is 9.18 Å². The summed E-state index contributed by atoms with van der Waals surface area (Å²) >= 11 is 0.826. The van der Waals surface area contributed by atoms with E-state index in [0.29, 0.717) is 28.0 Å². The van der Waals surface area contributed by atoms with Crippen molar-refractivity contribution in [3.05, 3.63) is 64.0 Å². The Bertz CT molecular complexity index is 1350. The van der Waals surface area contributed by atoms with Gasteiger partial charge < -0.3 is 19.2 Å². The van der Waals surface area contributed by atoms with Crippen molar-refractivity contribution in [3.8, 4) is 11.5 Å². The van der Waals surface area contributed by atoms with Gasteiger partial charge in [0.1, 0.15) is 0 Å². The number of hydrogen-bond donors (Lipinski definition) is 1. The zero-order chi connectivity index (χ0) is 23.1. The molecule has 1 fully saturated rings. The molecule has 2 aliphatic rings. The fourth-order valence-corrected chi connectivity index (χ4v) is 4.50. The van der Waals surface area contributed by atoms with Crippen LogP contribution in [0.2, 0.25) is 0 Å². The molecule has 33 heavy (non-hydrogen) atoms. The van der Waals surface area contributed by atoms with Crippen molar-refractivity contribution < 1.29 is 32.7 Å². The number of halogens is 1. The molecule has 3 amide bonds. The number of furan rings is 1. The molecule has 5 rings (SSSR count). The van der Waals surface area contributed by atoms with E-state index in [1.807, 2.05) is 0 Å². The number of benzene rings is 2. The normalized spacial score (nSPS) is 16.3. The second-order valence-electron chi connectivity index (χ2n) is 7.37. The number of aryl methyl sites for hydroxylation is 1. The van der Waals surface area contributed by atoms with Gasteiger partial charge in [-0.05, 0) is 48.5 Å². The fourth-order valence-electron chi connectivity index (χ4n) is 3.63. The van der Waals surface area contributed by atoms with Gasteiger partial charge in [0.05, 0.1) is 4.91 Å². The number of imide groups is 1. The molecule has 1 N–H and O–H groups in total. The summed E-state index contributed by atoms with van der Waals surface area (Å²) in [6, 6.07) is 9.69. The van der Waals surface area contributed by atoms with Crippen molar-refractivity contribution in [1.82, 2.24) is 10.2 Å². The maximum Gasteiger partial charge on any atom is 0.293 e. The molecule has 0 aliphatic carbocycles. The van der Waals surface area contributed by atoms with E-state index in [9.17, 15) is 18.8 Å². The van der Waals surface area contributed by atoms with Crippen LogP contribution in [-0.4, -0.2) is 41.8 Å². The van der Waals surface area contributed by atoms with Gasteiger partial charge in [-0.3, -0.25) is 19.3 Å². The summed E-state index contributed by atoms with van der Waals surface area (Å²) in [6.45, 7) is 1.82. The molecule has 3 aromatic rings. The Hall–Kier alpha value is -3.79. The van der Waals surface area contributed by atoms with Crippen LogP contribution in [0.15, 0.2) is 45.7 Å². The molecule has 1 aromatic heterocycles. The van der Waals surface area contributed by atoms with Crippen LogP contribution in [0.3, 0.4) is 0 Å². The van der Waals surface area contributed by atoms with Crippen LogP contribution >= 0.6 is 11.8 Å². The Kier molecular flexibility index (Phi) is 5.29. The highest BCUT2D eigenvalue weighted by molar-refractivity contribution is 8.18. The van der Waals surface area contributed by atoms with Gasteiger partial charge in [0.25, 0.3) is 17.1 Å². The lowest BCUT2D eigenvalue weighted by atomic mass is 10.1. The van der Waals surface area contributed by atoms with Crippen molar-refractivity contribution >= 4 is 45.9 Å². The molecule has 0 radical (unpaired) electrons. The predicted molar refractivity (Wildman–Crippen MR) is 118 cm³/mol. The number of rotatable bonds is 5. The number of ether oxygens (including phenoxy) is 2. The van der Waals surface area contributed by atoms with Crippen LogP contribution in [-0.2, 0) is 4.79 Å². The molecule has 10 heteroatoms. The highest BCUT2D eigenvalue weighted by Crippen LogP contribution is 2.36. The number of nitrogens with one attached hydrogen (secondary N) is 1. The maximum absolute atomic E-state index is 13.9. The van der Waals surface area contributed by atoms with Crippen LogP contribution in [0, 0.1) is 12.7 Å². The number of hydrogen-bond acceptors (Lipinski definition) is 7. The van der Waals surface area contributed by atoms with Crippen LogP contribution < -0.4 is 14.8 Å². The minimum absolute atomic E-state index is 0.00746. The summed E-state index contributed by atoms with van der Waals surface area (Å²) in [7, 11) is 0. The third-order valence-electron chi connectivity index (χ3n) is 5.31. The molecule has 0 unspecified atom stereocenters. The van der Waals surface area contributed by atoms with Crippen molar-refractivity contribution in [2.45, 2.75) is 6.92 Å². The molecule has 168 valence electrons. The summed E-state index contributed by atoms with van der Waals surface area (Å²) in [5.74, 6) is -0.358. The number of nitrogens with zero attached hydrogens (tertiary/aromatic N) is 1. The lowest BCUT2D eigenvalue weighted by molar-refractivity contribution is -0.122. The van der Waals surface area contributed by atoms with E-state index >= 15 is 0 Å². The molecule has 8 nitrogen and oxygen atoms in total. The topological polar surface area (TPSA) is 98.1 Å². The highest BCUT2D eigenvalue weighted by Gasteiger charge is 2.35. The molecular weight excluding hydrogens is 451 g/mol. The van der Waals surface area contributed by atoms with Crippen molar-refractivity contribution in [2.75, 3.05) is 19.9 Å². The quantitative estimate of drug-likeness (QED) is 0.564. The zero-order valence-electron chi connectivity index (χ0n) is 17.3. The Labute approximate surface area is 191 Å².